The predicted molar refractivity (Wildman–Crippen MR) is 76.2 cm³/mol. The molecule has 0 saturated carbocycles. The molecule has 1 N–H and O–H groups in total. The Kier molecular flexibility index (Phi) is 4.31. The number of β-amino-alcohol motifs (C(OH)–C–C–N with tert-alkyl or cyclic N) is 1. The van der Waals surface area contributed by atoms with Gasteiger partial charge in [-0.15, -0.1) is 0 Å². The van der Waals surface area contributed by atoms with Crippen molar-refractivity contribution in [3.05, 3.63) is 33.8 Å². The Bertz CT molecular complexity index is 429. The van der Waals surface area contributed by atoms with Gasteiger partial charge in [0.05, 0.1) is 6.10 Å². The Morgan fingerprint density at radius 1 is 1.33 bits per heavy atom. The molecule has 0 aromatic heterocycles. The van der Waals surface area contributed by atoms with E-state index in [0.717, 1.165) is 31.1 Å². The van der Waals surface area contributed by atoms with E-state index in [1.807, 2.05) is 6.92 Å². The summed E-state index contributed by atoms with van der Waals surface area (Å²) in [5.74, 6) is 0.517. The lowest BCUT2D eigenvalue weighted by molar-refractivity contribution is 0.119. The summed E-state index contributed by atoms with van der Waals surface area (Å²) in [5, 5.41) is 10.3. The first-order chi connectivity index (χ1) is 8.47. The molecule has 0 amide bonds. The number of benzene rings is 1. The highest BCUT2D eigenvalue weighted by Gasteiger charge is 2.20. The van der Waals surface area contributed by atoms with Crippen LogP contribution in [0, 0.1) is 0 Å². The summed E-state index contributed by atoms with van der Waals surface area (Å²) in [5.41, 5.74) is 3.95. The van der Waals surface area contributed by atoms with Crippen molar-refractivity contribution in [3.63, 3.8) is 0 Å². The van der Waals surface area contributed by atoms with Gasteiger partial charge in [-0.2, -0.15) is 0 Å². The predicted octanol–water partition coefficient (Wildman–Crippen LogP) is 3.20. The Labute approximate surface area is 115 Å². The van der Waals surface area contributed by atoms with Crippen LogP contribution in [0.4, 0.5) is 0 Å². The summed E-state index contributed by atoms with van der Waals surface area (Å²) in [6.45, 7) is 8.81. The van der Waals surface area contributed by atoms with Crippen LogP contribution in [0.25, 0.3) is 0 Å². The van der Waals surface area contributed by atoms with Crippen LogP contribution in [0.1, 0.15) is 43.4 Å². The maximum Gasteiger partial charge on any atom is 0.0639 e. The summed E-state index contributed by atoms with van der Waals surface area (Å²) in [7, 11) is 0. The van der Waals surface area contributed by atoms with Crippen LogP contribution >= 0.6 is 11.6 Å². The van der Waals surface area contributed by atoms with Gasteiger partial charge in [0, 0.05) is 24.7 Å². The van der Waals surface area contributed by atoms with Crippen molar-refractivity contribution in [2.24, 2.45) is 0 Å². The van der Waals surface area contributed by atoms with Crippen LogP contribution in [0.5, 0.6) is 0 Å². The Balaban J connectivity index is 2.23. The fraction of sp³-hybridized carbons (Fsp3) is 0.600. The highest BCUT2D eigenvalue weighted by Crippen LogP contribution is 2.30. The maximum atomic E-state index is 9.46. The quantitative estimate of drug-likeness (QED) is 0.909. The molecule has 1 aliphatic heterocycles. The zero-order valence-corrected chi connectivity index (χ0v) is 12.2. The molecule has 1 aliphatic rings. The van der Waals surface area contributed by atoms with Gasteiger partial charge in [-0.3, -0.25) is 4.90 Å². The molecule has 0 aliphatic carbocycles. The van der Waals surface area contributed by atoms with Gasteiger partial charge >= 0.3 is 0 Å². The largest absolute Gasteiger partial charge is 0.392 e. The summed E-state index contributed by atoms with van der Waals surface area (Å²) in [6, 6.07) is 4.39. The lowest BCUT2D eigenvalue weighted by atomic mass is 9.93. The molecule has 2 nitrogen and oxygen atoms in total. The summed E-state index contributed by atoms with van der Waals surface area (Å²) >= 11 is 6.40. The van der Waals surface area contributed by atoms with Crippen LogP contribution in [-0.2, 0) is 13.0 Å². The molecule has 100 valence electrons. The average molecular weight is 268 g/mol. The van der Waals surface area contributed by atoms with Crippen LogP contribution in [0.3, 0.4) is 0 Å². The van der Waals surface area contributed by atoms with Gasteiger partial charge in [0.2, 0.25) is 0 Å². The van der Waals surface area contributed by atoms with Gasteiger partial charge in [-0.25, -0.2) is 0 Å². The number of fused-ring (bicyclic) bond motifs is 1. The Morgan fingerprint density at radius 3 is 2.67 bits per heavy atom. The third kappa shape index (κ3) is 3.05. The van der Waals surface area contributed by atoms with Gasteiger partial charge in [0.15, 0.2) is 0 Å². The molecule has 3 heteroatoms. The second-order valence-electron chi connectivity index (χ2n) is 5.63. The smallest absolute Gasteiger partial charge is 0.0639 e. The van der Waals surface area contributed by atoms with E-state index in [2.05, 4.69) is 30.9 Å². The number of hydrogen-bond donors (Lipinski definition) is 1. The lowest BCUT2D eigenvalue weighted by Crippen LogP contribution is -2.35. The topological polar surface area (TPSA) is 23.5 Å². The van der Waals surface area contributed by atoms with Crippen molar-refractivity contribution in [2.75, 3.05) is 13.1 Å². The molecule has 0 bridgehead atoms. The third-order valence-electron chi connectivity index (χ3n) is 3.58. The van der Waals surface area contributed by atoms with Crippen LogP contribution in [0.15, 0.2) is 12.1 Å². The zero-order valence-electron chi connectivity index (χ0n) is 11.4. The fourth-order valence-electron chi connectivity index (χ4n) is 2.56. The SMILES string of the molecule is CC(C)c1cc(Cl)c2c(c1)CCN(C[C@H](C)O)C2. The Morgan fingerprint density at radius 2 is 2.06 bits per heavy atom. The van der Waals surface area contributed by atoms with Gasteiger partial charge in [0.25, 0.3) is 0 Å². The van der Waals surface area contributed by atoms with Gasteiger partial charge < -0.3 is 5.11 Å². The highest BCUT2D eigenvalue weighted by atomic mass is 35.5. The number of aliphatic hydroxyl groups excluding tert-OH is 1. The molecule has 0 radical (unpaired) electrons. The molecule has 1 aromatic carbocycles. The molecule has 0 spiro atoms. The van der Waals surface area contributed by atoms with Crippen molar-refractivity contribution >= 4 is 11.6 Å². The molecule has 2 rings (SSSR count). The monoisotopic (exact) mass is 267 g/mol. The van der Waals surface area contributed by atoms with E-state index in [1.165, 1.54) is 16.7 Å². The normalized spacial score (nSPS) is 17.9. The number of hydrogen-bond acceptors (Lipinski definition) is 2. The number of halogens is 1. The Hall–Kier alpha value is -0.570. The molecule has 1 atom stereocenters. The average Bonchev–Trinajstić information content (AvgIpc) is 2.28. The van der Waals surface area contributed by atoms with Crippen LogP contribution < -0.4 is 0 Å². The minimum absolute atomic E-state index is 0.278. The molecule has 0 unspecified atom stereocenters. The first-order valence-electron chi connectivity index (χ1n) is 6.69. The zero-order chi connectivity index (χ0) is 13.3. The first-order valence-corrected chi connectivity index (χ1v) is 7.06. The summed E-state index contributed by atoms with van der Waals surface area (Å²) in [6.07, 6.45) is 0.753. The van der Waals surface area contributed by atoms with E-state index in [0.29, 0.717) is 5.92 Å². The molecule has 0 fully saturated rings. The van der Waals surface area contributed by atoms with Crippen molar-refractivity contribution in [2.45, 2.75) is 45.8 Å². The van der Waals surface area contributed by atoms with Gasteiger partial charge in [0.1, 0.15) is 0 Å². The van der Waals surface area contributed by atoms with Crippen LogP contribution in [0.2, 0.25) is 5.02 Å². The minimum atomic E-state index is -0.278. The van der Waals surface area contributed by atoms with Gasteiger partial charge in [-0.1, -0.05) is 31.5 Å². The lowest BCUT2D eigenvalue weighted by Gasteiger charge is -2.30. The van der Waals surface area contributed by atoms with E-state index >= 15 is 0 Å². The standard InChI is InChI=1S/C15H22ClNO/c1-10(2)13-6-12-4-5-17(8-11(3)18)9-14(12)15(16)7-13/h6-7,10-11,18H,4-5,8-9H2,1-3H3/t11-/m0/s1. The van der Waals surface area contributed by atoms with Crippen molar-refractivity contribution in [3.8, 4) is 0 Å². The van der Waals surface area contributed by atoms with Gasteiger partial charge in [-0.05, 0) is 42.0 Å². The molecule has 1 heterocycles. The highest BCUT2D eigenvalue weighted by molar-refractivity contribution is 6.31. The second-order valence-corrected chi connectivity index (χ2v) is 6.04. The van der Waals surface area contributed by atoms with E-state index in [-0.39, 0.29) is 6.10 Å². The fourth-order valence-corrected chi connectivity index (χ4v) is 2.87. The summed E-state index contributed by atoms with van der Waals surface area (Å²) in [4.78, 5) is 2.27. The number of aliphatic hydroxyl groups is 1. The molecule has 18 heavy (non-hydrogen) atoms. The molecular formula is C15H22ClNO. The molecule has 0 saturated heterocycles. The van der Waals surface area contributed by atoms with Crippen molar-refractivity contribution in [1.29, 1.82) is 0 Å². The molecular weight excluding hydrogens is 246 g/mol. The third-order valence-corrected chi connectivity index (χ3v) is 3.92. The van der Waals surface area contributed by atoms with Crippen molar-refractivity contribution in [1.82, 2.24) is 4.90 Å². The number of rotatable bonds is 3. The molecule has 1 aromatic rings. The van der Waals surface area contributed by atoms with Crippen LogP contribution in [-0.4, -0.2) is 29.2 Å². The van der Waals surface area contributed by atoms with E-state index in [4.69, 9.17) is 11.6 Å². The number of nitrogens with zero attached hydrogens (tertiary/aromatic N) is 1. The second kappa shape index (κ2) is 5.60. The van der Waals surface area contributed by atoms with Crippen molar-refractivity contribution < 1.29 is 5.11 Å². The van der Waals surface area contributed by atoms with E-state index < -0.39 is 0 Å². The minimum Gasteiger partial charge on any atom is -0.392 e. The van der Waals surface area contributed by atoms with E-state index in [1.54, 1.807) is 0 Å². The first kappa shape index (κ1) is 13.9. The van der Waals surface area contributed by atoms with E-state index in [9.17, 15) is 5.11 Å². The summed E-state index contributed by atoms with van der Waals surface area (Å²) < 4.78 is 0. The maximum absolute atomic E-state index is 9.46.